The van der Waals surface area contributed by atoms with Crippen LogP contribution in [0.1, 0.15) is 87.3 Å². The van der Waals surface area contributed by atoms with E-state index in [1.807, 2.05) is 0 Å². The average molecular weight is 670 g/mol. The van der Waals surface area contributed by atoms with Gasteiger partial charge in [-0.2, -0.15) is 0 Å². The van der Waals surface area contributed by atoms with Gasteiger partial charge < -0.3 is 0 Å². The molecular formula is C50H55N. The van der Waals surface area contributed by atoms with Crippen LogP contribution >= 0.6 is 0 Å². The number of rotatable bonds is 4. The summed E-state index contributed by atoms with van der Waals surface area (Å²) in [6.07, 6.45) is 34.4. The first-order valence-electron chi connectivity index (χ1n) is 20.5. The highest BCUT2D eigenvalue weighted by molar-refractivity contribution is 5.76. The quantitative estimate of drug-likeness (QED) is 0.250. The molecule has 0 radical (unpaired) electrons. The second-order valence-electron chi connectivity index (χ2n) is 17.7. The lowest BCUT2D eigenvalue weighted by Crippen LogP contribution is -2.57. The van der Waals surface area contributed by atoms with E-state index in [2.05, 4.69) is 158 Å². The number of fused-ring (bicyclic) bond motifs is 9. The van der Waals surface area contributed by atoms with Crippen molar-refractivity contribution < 1.29 is 0 Å². The molecule has 2 fully saturated rings. The molecule has 0 amide bonds. The molecule has 3 aromatic carbocycles. The predicted octanol–water partition coefficient (Wildman–Crippen LogP) is 11.8. The molecule has 13 unspecified atom stereocenters. The fourth-order valence-electron chi connectivity index (χ4n) is 12.8. The summed E-state index contributed by atoms with van der Waals surface area (Å²) in [7, 11) is 0. The molecule has 0 N–H and O–H groups in total. The summed E-state index contributed by atoms with van der Waals surface area (Å²) >= 11 is 0. The second-order valence-corrected chi connectivity index (χ2v) is 17.7. The Kier molecular flexibility index (Phi) is 8.01. The molecule has 1 saturated heterocycles. The van der Waals surface area contributed by atoms with E-state index in [4.69, 9.17) is 0 Å². The number of likely N-dealkylation sites (tertiary alicyclic amines) is 1. The van der Waals surface area contributed by atoms with Crippen LogP contribution in [0, 0.1) is 41.4 Å². The van der Waals surface area contributed by atoms with Gasteiger partial charge in [-0.15, -0.1) is 0 Å². The predicted molar refractivity (Wildman–Crippen MR) is 212 cm³/mol. The largest absolute Gasteiger partial charge is 0.293 e. The Bertz CT molecular complexity index is 1910. The van der Waals surface area contributed by atoms with Crippen molar-refractivity contribution in [1.29, 1.82) is 0 Å². The van der Waals surface area contributed by atoms with E-state index in [1.165, 1.54) is 61.6 Å². The Morgan fingerprint density at radius 2 is 1.33 bits per heavy atom. The van der Waals surface area contributed by atoms with E-state index in [9.17, 15) is 0 Å². The van der Waals surface area contributed by atoms with E-state index < -0.39 is 0 Å². The number of hydrogen-bond acceptors (Lipinski definition) is 1. The second kappa shape index (κ2) is 12.8. The molecule has 7 aliphatic rings. The van der Waals surface area contributed by atoms with Gasteiger partial charge in [0.1, 0.15) is 0 Å². The lowest BCUT2D eigenvalue weighted by Gasteiger charge is -2.55. The highest BCUT2D eigenvalue weighted by atomic mass is 15.3. The van der Waals surface area contributed by atoms with E-state index in [-0.39, 0.29) is 5.41 Å². The van der Waals surface area contributed by atoms with Crippen LogP contribution in [0.15, 0.2) is 140 Å². The van der Waals surface area contributed by atoms with E-state index in [0.717, 1.165) is 0 Å². The van der Waals surface area contributed by atoms with Gasteiger partial charge in [-0.25, -0.2) is 0 Å². The molecule has 13 atom stereocenters. The molecule has 0 spiro atoms. The Morgan fingerprint density at radius 1 is 0.608 bits per heavy atom. The third-order valence-electron chi connectivity index (χ3n) is 15.5. The molecule has 0 aromatic heterocycles. The van der Waals surface area contributed by atoms with Crippen molar-refractivity contribution in [3.05, 3.63) is 156 Å². The van der Waals surface area contributed by atoms with Crippen LogP contribution in [0.4, 0.5) is 0 Å². The van der Waals surface area contributed by atoms with Gasteiger partial charge in [0.05, 0.1) is 0 Å². The summed E-state index contributed by atoms with van der Waals surface area (Å²) in [4.78, 5) is 3.21. The molecule has 1 aliphatic heterocycles. The molecule has 1 saturated carbocycles. The molecule has 260 valence electrons. The summed E-state index contributed by atoms with van der Waals surface area (Å²) in [5, 5.41) is 0. The van der Waals surface area contributed by atoms with Crippen molar-refractivity contribution in [3.63, 3.8) is 0 Å². The molecule has 1 nitrogen and oxygen atoms in total. The lowest BCUT2D eigenvalue weighted by atomic mass is 9.56. The van der Waals surface area contributed by atoms with Crippen LogP contribution in [0.3, 0.4) is 0 Å². The monoisotopic (exact) mass is 669 g/mol. The maximum absolute atomic E-state index is 3.21. The van der Waals surface area contributed by atoms with Gasteiger partial charge in [0.25, 0.3) is 0 Å². The molecule has 0 bridgehead atoms. The van der Waals surface area contributed by atoms with Crippen LogP contribution in [-0.4, -0.2) is 23.0 Å². The Morgan fingerprint density at radius 3 is 2.16 bits per heavy atom. The zero-order valence-corrected chi connectivity index (χ0v) is 30.6. The van der Waals surface area contributed by atoms with Crippen LogP contribution < -0.4 is 0 Å². The smallest absolute Gasteiger partial charge is 0.0176 e. The fraction of sp³-hybridized carbons (Fsp3) is 0.440. The Labute approximate surface area is 306 Å². The minimum atomic E-state index is 0.164. The topological polar surface area (TPSA) is 3.24 Å². The number of hydrogen-bond donors (Lipinski definition) is 0. The highest BCUT2D eigenvalue weighted by Gasteiger charge is 2.56. The van der Waals surface area contributed by atoms with Crippen LogP contribution in [0.2, 0.25) is 0 Å². The molecule has 10 rings (SSSR count). The fourth-order valence-corrected chi connectivity index (χ4v) is 12.8. The number of allylic oxidation sites excluding steroid dienone is 8. The van der Waals surface area contributed by atoms with Crippen molar-refractivity contribution in [2.24, 2.45) is 41.4 Å². The zero-order valence-electron chi connectivity index (χ0n) is 30.6. The van der Waals surface area contributed by atoms with Gasteiger partial charge in [-0.3, -0.25) is 4.90 Å². The lowest BCUT2D eigenvalue weighted by molar-refractivity contribution is -0.0150. The number of benzene rings is 3. The third-order valence-corrected chi connectivity index (χ3v) is 15.5. The van der Waals surface area contributed by atoms with Gasteiger partial charge in [0.15, 0.2) is 0 Å². The van der Waals surface area contributed by atoms with Crippen LogP contribution in [-0.2, 0) is 5.41 Å². The SMILES string of the molecule is CC1C(N2C3CCC=CC3C3C=CC(C4C=CC5c6ccccc6-c6ccccc6C5C4)CC32)CC(C2C=CC=CC2)CC1(C)c1ccccc1. The van der Waals surface area contributed by atoms with Gasteiger partial charge in [-0.1, -0.05) is 153 Å². The van der Waals surface area contributed by atoms with Crippen LogP contribution in [0.25, 0.3) is 11.1 Å². The van der Waals surface area contributed by atoms with E-state index in [0.29, 0.717) is 71.4 Å². The summed E-state index contributed by atoms with van der Waals surface area (Å²) in [6.45, 7) is 5.28. The van der Waals surface area contributed by atoms with E-state index >= 15 is 0 Å². The molecular weight excluding hydrogens is 615 g/mol. The van der Waals surface area contributed by atoms with Crippen molar-refractivity contribution >= 4 is 0 Å². The van der Waals surface area contributed by atoms with Crippen molar-refractivity contribution in [1.82, 2.24) is 4.90 Å². The summed E-state index contributed by atoms with van der Waals surface area (Å²) in [6, 6.07) is 32.0. The normalized spacial score (nSPS) is 40.6. The summed E-state index contributed by atoms with van der Waals surface area (Å²) < 4.78 is 0. The van der Waals surface area contributed by atoms with Gasteiger partial charge in [0.2, 0.25) is 0 Å². The third kappa shape index (κ3) is 5.20. The Balaban J connectivity index is 0.993. The maximum atomic E-state index is 3.21. The molecule has 1 heteroatoms. The first-order valence-corrected chi connectivity index (χ1v) is 20.5. The molecule has 6 aliphatic carbocycles. The minimum absolute atomic E-state index is 0.164. The Hall–Kier alpha value is -3.68. The van der Waals surface area contributed by atoms with Gasteiger partial charge in [-0.05, 0) is 114 Å². The zero-order chi connectivity index (χ0) is 34.1. The van der Waals surface area contributed by atoms with Crippen LogP contribution in [0.5, 0.6) is 0 Å². The molecule has 51 heavy (non-hydrogen) atoms. The average Bonchev–Trinajstić information content (AvgIpc) is 3.53. The van der Waals surface area contributed by atoms with Crippen molar-refractivity contribution in [2.45, 2.75) is 94.2 Å². The van der Waals surface area contributed by atoms with Crippen molar-refractivity contribution in [3.8, 4) is 11.1 Å². The van der Waals surface area contributed by atoms with Gasteiger partial charge >= 0.3 is 0 Å². The molecule has 1 heterocycles. The highest BCUT2D eigenvalue weighted by Crippen LogP contribution is 2.58. The van der Waals surface area contributed by atoms with Gasteiger partial charge in [0, 0.05) is 35.9 Å². The minimum Gasteiger partial charge on any atom is -0.293 e. The number of nitrogens with zero attached hydrogens (tertiary/aromatic N) is 1. The summed E-state index contributed by atoms with van der Waals surface area (Å²) in [5.74, 6) is 5.48. The first kappa shape index (κ1) is 32.0. The summed E-state index contributed by atoms with van der Waals surface area (Å²) in [5.41, 5.74) is 7.72. The van der Waals surface area contributed by atoms with E-state index in [1.54, 1.807) is 11.1 Å². The van der Waals surface area contributed by atoms with Crippen molar-refractivity contribution in [2.75, 3.05) is 0 Å². The molecule has 3 aromatic rings. The standard InChI is InChI=1S/C50H55N/c1-33-48(31-37(34-15-5-3-6-16-34)32-50(33,2)38-17-7-4-8-18-38)51-47-24-14-13-23-44(47)45-28-26-36(30-49(45)51)35-25-27-43-41-21-10-9-19-39(41)40-20-11-12-22-42(40)46(43)29-35/h3-13,15,17-23,25-28,33-37,43-49H,14,16,24,29-32H2,1-2H3. The maximum Gasteiger partial charge on any atom is 0.0176 e. The first-order chi connectivity index (χ1) is 25.1.